The van der Waals surface area contributed by atoms with E-state index in [1.54, 1.807) is 11.4 Å². The first-order valence-electron chi connectivity index (χ1n) is 9.97. The van der Waals surface area contributed by atoms with Crippen molar-refractivity contribution in [2.45, 2.75) is 62.9 Å². The average molecular weight is 415 g/mol. The molecule has 1 amide bonds. The second-order valence-corrected chi connectivity index (χ2v) is 10.3. The van der Waals surface area contributed by atoms with Crippen LogP contribution in [0.4, 0.5) is 0 Å². The lowest BCUT2D eigenvalue weighted by Gasteiger charge is -2.28. The maximum Gasteiger partial charge on any atom is 0.262 e. The quantitative estimate of drug-likeness (QED) is 0.695. The Labute approximate surface area is 166 Å². The van der Waals surface area contributed by atoms with Crippen LogP contribution in [0.3, 0.4) is 0 Å². The van der Waals surface area contributed by atoms with E-state index in [1.807, 2.05) is 0 Å². The van der Waals surface area contributed by atoms with Crippen LogP contribution in [0.5, 0.6) is 0 Å². The molecule has 2 aliphatic rings. The monoisotopic (exact) mass is 414 g/mol. The summed E-state index contributed by atoms with van der Waals surface area (Å²) in [6, 6.07) is 1.55. The molecule has 152 valence electrons. The number of nitrogens with zero attached hydrogens (tertiary/aromatic N) is 1. The Hall–Kier alpha value is -0.960. The van der Waals surface area contributed by atoms with E-state index in [4.69, 9.17) is 4.74 Å². The Bertz CT molecular complexity index is 726. The maximum absolute atomic E-state index is 12.9. The highest BCUT2D eigenvalue weighted by Gasteiger charge is 2.31. The zero-order chi connectivity index (χ0) is 19.3. The number of carbonyl (C=O) groups is 1. The van der Waals surface area contributed by atoms with Crippen LogP contribution in [0.1, 0.15) is 61.5 Å². The van der Waals surface area contributed by atoms with Gasteiger partial charge in [-0.05, 0) is 43.0 Å². The molecule has 0 aromatic carbocycles. The van der Waals surface area contributed by atoms with Gasteiger partial charge in [-0.15, -0.1) is 11.3 Å². The third-order valence-electron chi connectivity index (χ3n) is 5.52. The molecule has 0 bridgehead atoms. The highest BCUT2D eigenvalue weighted by Crippen LogP contribution is 2.28. The Morgan fingerprint density at radius 1 is 1.22 bits per heavy atom. The van der Waals surface area contributed by atoms with E-state index in [0.717, 1.165) is 25.7 Å². The molecule has 27 heavy (non-hydrogen) atoms. The van der Waals surface area contributed by atoms with Gasteiger partial charge >= 0.3 is 0 Å². The molecule has 6 nitrogen and oxygen atoms in total. The number of nitrogens with one attached hydrogen (secondary N) is 1. The van der Waals surface area contributed by atoms with Gasteiger partial charge in [0.2, 0.25) is 10.0 Å². The summed E-state index contributed by atoms with van der Waals surface area (Å²) in [5, 5.41) is 4.49. The molecule has 1 aromatic heterocycles. The predicted molar refractivity (Wildman–Crippen MR) is 107 cm³/mol. The molecule has 1 saturated carbocycles. The molecule has 2 atom stereocenters. The van der Waals surface area contributed by atoms with E-state index in [1.165, 1.54) is 34.9 Å². The number of piperidine rings is 1. The molecule has 0 spiro atoms. The average Bonchev–Trinajstić information content (AvgIpc) is 3.18. The molecule has 2 unspecified atom stereocenters. The summed E-state index contributed by atoms with van der Waals surface area (Å²) in [5.41, 5.74) is 0. The van der Waals surface area contributed by atoms with Gasteiger partial charge in [0.15, 0.2) is 0 Å². The number of hydrogen-bond donors (Lipinski definition) is 1. The van der Waals surface area contributed by atoms with Crippen LogP contribution in [0.25, 0.3) is 0 Å². The van der Waals surface area contributed by atoms with Crippen LogP contribution >= 0.6 is 11.3 Å². The molecule has 8 heteroatoms. The standard InChI is InChI=1S/C19H30N2O4S2/c1-15-7-3-4-8-16(15)25-13-10-20-19(22)18-17(9-14-26-18)27(23,24)21-11-5-2-6-12-21/h9,14-16H,2-8,10-13H2,1H3,(H,20,22). The van der Waals surface area contributed by atoms with Crippen LogP contribution < -0.4 is 5.32 Å². The van der Waals surface area contributed by atoms with Gasteiger partial charge in [-0.3, -0.25) is 4.79 Å². The number of ether oxygens (including phenoxy) is 1. The lowest BCUT2D eigenvalue weighted by atomic mass is 9.88. The van der Waals surface area contributed by atoms with Crippen LogP contribution in [0, 0.1) is 5.92 Å². The lowest BCUT2D eigenvalue weighted by molar-refractivity contribution is -0.00293. The SMILES string of the molecule is CC1CCCCC1OCCNC(=O)c1sccc1S(=O)(=O)N1CCCCC1. The molecule has 3 rings (SSSR count). The Kier molecular flexibility index (Phi) is 7.30. The second kappa shape index (κ2) is 9.49. The zero-order valence-electron chi connectivity index (χ0n) is 16.0. The van der Waals surface area contributed by atoms with E-state index in [-0.39, 0.29) is 21.8 Å². The molecule has 1 saturated heterocycles. The number of carbonyl (C=O) groups excluding carboxylic acids is 1. The van der Waals surface area contributed by atoms with Gasteiger partial charge in [0.25, 0.3) is 5.91 Å². The summed E-state index contributed by atoms with van der Waals surface area (Å²) >= 11 is 1.18. The van der Waals surface area contributed by atoms with Gasteiger partial charge in [-0.2, -0.15) is 4.31 Å². The third kappa shape index (κ3) is 5.10. The van der Waals surface area contributed by atoms with Gasteiger partial charge < -0.3 is 10.1 Å². The first-order valence-corrected chi connectivity index (χ1v) is 12.3. The highest BCUT2D eigenvalue weighted by molar-refractivity contribution is 7.89. The topological polar surface area (TPSA) is 75.7 Å². The molecular formula is C19H30N2O4S2. The number of thiophene rings is 1. The largest absolute Gasteiger partial charge is 0.376 e. The van der Waals surface area contributed by atoms with Crippen LogP contribution in [0.2, 0.25) is 0 Å². The van der Waals surface area contributed by atoms with Gasteiger partial charge in [0, 0.05) is 19.6 Å². The fourth-order valence-corrected chi connectivity index (χ4v) is 6.73. The minimum atomic E-state index is -3.60. The molecule has 2 heterocycles. The third-order valence-corrected chi connectivity index (χ3v) is 8.50. The summed E-state index contributed by atoms with van der Waals surface area (Å²) in [6.45, 7) is 4.13. The van der Waals surface area contributed by atoms with Crippen molar-refractivity contribution >= 4 is 27.3 Å². The van der Waals surface area contributed by atoms with E-state index < -0.39 is 10.0 Å². The number of amides is 1. The smallest absolute Gasteiger partial charge is 0.262 e. The second-order valence-electron chi connectivity index (χ2n) is 7.51. The van der Waals surface area contributed by atoms with E-state index in [2.05, 4.69) is 12.2 Å². The van der Waals surface area contributed by atoms with Crippen molar-refractivity contribution in [3.8, 4) is 0 Å². The van der Waals surface area contributed by atoms with Crippen LogP contribution in [-0.2, 0) is 14.8 Å². The fraction of sp³-hybridized carbons (Fsp3) is 0.737. The summed E-state index contributed by atoms with van der Waals surface area (Å²) < 4.78 is 33.2. The van der Waals surface area contributed by atoms with E-state index in [0.29, 0.717) is 32.2 Å². The van der Waals surface area contributed by atoms with Gasteiger partial charge in [-0.25, -0.2) is 8.42 Å². The molecule has 1 N–H and O–H groups in total. The van der Waals surface area contributed by atoms with E-state index in [9.17, 15) is 13.2 Å². The lowest BCUT2D eigenvalue weighted by Crippen LogP contribution is -2.37. The Morgan fingerprint density at radius 3 is 2.70 bits per heavy atom. The van der Waals surface area contributed by atoms with Crippen molar-refractivity contribution < 1.29 is 17.9 Å². The number of sulfonamides is 1. The minimum absolute atomic E-state index is 0.133. The molecule has 1 aliphatic carbocycles. The van der Waals surface area contributed by atoms with Crippen molar-refractivity contribution in [2.75, 3.05) is 26.2 Å². The van der Waals surface area contributed by atoms with Crippen molar-refractivity contribution in [2.24, 2.45) is 5.92 Å². The molecule has 0 radical (unpaired) electrons. The van der Waals surface area contributed by atoms with Crippen molar-refractivity contribution in [1.82, 2.24) is 9.62 Å². The first-order chi connectivity index (χ1) is 13.0. The number of hydrogen-bond acceptors (Lipinski definition) is 5. The van der Waals surface area contributed by atoms with Gasteiger partial charge in [-0.1, -0.05) is 26.2 Å². The summed E-state index contributed by atoms with van der Waals surface area (Å²) in [5.74, 6) is 0.230. The van der Waals surface area contributed by atoms with Crippen molar-refractivity contribution in [3.63, 3.8) is 0 Å². The minimum Gasteiger partial charge on any atom is -0.376 e. The molecule has 2 fully saturated rings. The Morgan fingerprint density at radius 2 is 1.96 bits per heavy atom. The Balaban J connectivity index is 1.54. The van der Waals surface area contributed by atoms with E-state index >= 15 is 0 Å². The number of rotatable bonds is 7. The highest BCUT2D eigenvalue weighted by atomic mass is 32.2. The maximum atomic E-state index is 12.9. The normalized spacial score (nSPS) is 24.6. The summed E-state index contributed by atoms with van der Waals surface area (Å²) in [7, 11) is -3.60. The van der Waals surface area contributed by atoms with Gasteiger partial charge in [0.1, 0.15) is 9.77 Å². The van der Waals surface area contributed by atoms with Crippen LogP contribution in [-0.4, -0.2) is 51.0 Å². The molecular weight excluding hydrogens is 384 g/mol. The summed E-state index contributed by atoms with van der Waals surface area (Å²) in [4.78, 5) is 12.9. The van der Waals surface area contributed by atoms with Crippen LogP contribution in [0.15, 0.2) is 16.3 Å². The van der Waals surface area contributed by atoms with Gasteiger partial charge in [0.05, 0.1) is 12.7 Å². The van der Waals surface area contributed by atoms with Crippen molar-refractivity contribution in [1.29, 1.82) is 0 Å². The fourth-order valence-electron chi connectivity index (χ4n) is 3.90. The zero-order valence-corrected chi connectivity index (χ0v) is 17.6. The predicted octanol–water partition coefficient (Wildman–Crippen LogP) is 3.25. The van der Waals surface area contributed by atoms with Crippen molar-refractivity contribution in [3.05, 3.63) is 16.3 Å². The molecule has 1 aromatic rings. The summed E-state index contributed by atoms with van der Waals surface area (Å²) in [6.07, 6.45) is 7.83. The first kappa shape index (κ1) is 20.8. The molecule has 1 aliphatic heterocycles.